The van der Waals surface area contributed by atoms with Crippen LogP contribution >= 0.6 is 35.0 Å². The van der Waals surface area contributed by atoms with E-state index in [9.17, 15) is 14.9 Å². The Morgan fingerprint density at radius 3 is 2.23 bits per heavy atom. The van der Waals surface area contributed by atoms with E-state index >= 15 is 0 Å². The summed E-state index contributed by atoms with van der Waals surface area (Å²) in [7, 11) is 0. The summed E-state index contributed by atoms with van der Waals surface area (Å²) in [5, 5.41) is 17.6. The van der Waals surface area contributed by atoms with Gasteiger partial charge in [0.2, 0.25) is 5.91 Å². The Morgan fingerprint density at radius 2 is 1.68 bits per heavy atom. The molecule has 0 bridgehead atoms. The molecule has 0 aliphatic carbocycles. The minimum absolute atomic E-state index is 0.0894. The molecule has 31 heavy (non-hydrogen) atoms. The smallest absolute Gasteiger partial charge is 0.234 e. The van der Waals surface area contributed by atoms with Crippen LogP contribution in [0.2, 0.25) is 10.0 Å². The van der Waals surface area contributed by atoms with Gasteiger partial charge >= 0.3 is 0 Å². The first kappa shape index (κ1) is 23.0. The first-order valence-corrected chi connectivity index (χ1v) is 11.1. The van der Waals surface area contributed by atoms with Crippen molar-refractivity contribution in [2.45, 2.75) is 19.8 Å². The summed E-state index contributed by atoms with van der Waals surface area (Å²) in [6.45, 7) is 3.28. The van der Waals surface area contributed by atoms with Crippen LogP contribution < -0.4 is 10.6 Å². The normalized spacial score (nSPS) is 15.9. The second-order valence-corrected chi connectivity index (χ2v) is 8.76. The second kappa shape index (κ2) is 10.1. The average Bonchev–Trinajstić information content (AvgIpc) is 2.73. The van der Waals surface area contributed by atoms with E-state index in [4.69, 9.17) is 23.2 Å². The maximum atomic E-state index is 12.4. The molecule has 5 nitrogen and oxygen atoms in total. The van der Waals surface area contributed by atoms with Crippen LogP contribution in [0.15, 0.2) is 70.4 Å². The van der Waals surface area contributed by atoms with Crippen molar-refractivity contribution >= 4 is 52.3 Å². The summed E-state index contributed by atoms with van der Waals surface area (Å²) >= 11 is 13.1. The lowest BCUT2D eigenvalue weighted by atomic mass is 9.81. The SMILES string of the molecule is CC(=O)C1=C(C)NC(SCC(=O)Nc2ccc(Cl)cc2)=C(C#N)C1c1ccc(Cl)cc1. The standard InChI is InChI=1S/C23H19Cl2N3O2S/c1-13-21(14(2)29)22(15-3-5-16(24)6-4-15)19(11-26)23(27-13)31-12-20(30)28-18-9-7-17(25)8-10-18/h3-10,22,27H,12H2,1-2H3,(H,28,30). The van der Waals surface area contributed by atoms with Crippen LogP contribution in [0.4, 0.5) is 5.69 Å². The van der Waals surface area contributed by atoms with E-state index in [1.54, 1.807) is 55.5 Å². The largest absolute Gasteiger partial charge is 0.353 e. The molecular weight excluding hydrogens is 453 g/mol. The quantitative estimate of drug-likeness (QED) is 0.568. The van der Waals surface area contributed by atoms with Crippen LogP contribution in [0.25, 0.3) is 0 Å². The zero-order valence-corrected chi connectivity index (χ0v) is 19.2. The highest BCUT2D eigenvalue weighted by Crippen LogP contribution is 2.41. The molecule has 0 saturated heterocycles. The lowest BCUT2D eigenvalue weighted by Gasteiger charge is -2.29. The lowest BCUT2D eigenvalue weighted by Crippen LogP contribution is -2.27. The van der Waals surface area contributed by atoms with Crippen LogP contribution in [0.3, 0.4) is 0 Å². The fourth-order valence-electron chi connectivity index (χ4n) is 3.35. The maximum Gasteiger partial charge on any atom is 0.234 e. The summed E-state index contributed by atoms with van der Waals surface area (Å²) in [6.07, 6.45) is 0. The van der Waals surface area contributed by atoms with E-state index < -0.39 is 5.92 Å². The number of rotatable bonds is 6. The summed E-state index contributed by atoms with van der Waals surface area (Å²) in [5.41, 5.74) is 2.99. The molecule has 0 radical (unpaired) electrons. The van der Waals surface area contributed by atoms with Crippen molar-refractivity contribution in [1.82, 2.24) is 5.32 Å². The zero-order chi connectivity index (χ0) is 22.5. The van der Waals surface area contributed by atoms with E-state index in [1.807, 2.05) is 0 Å². The Kier molecular flexibility index (Phi) is 7.45. The fraction of sp³-hybridized carbons (Fsp3) is 0.174. The summed E-state index contributed by atoms with van der Waals surface area (Å²) < 4.78 is 0. The summed E-state index contributed by atoms with van der Waals surface area (Å²) in [5.74, 6) is -0.780. The van der Waals surface area contributed by atoms with Gasteiger partial charge in [-0.15, -0.1) is 0 Å². The first-order chi connectivity index (χ1) is 14.8. The van der Waals surface area contributed by atoms with Crippen LogP contribution in [-0.4, -0.2) is 17.4 Å². The Hall–Kier alpha value is -2.72. The fourth-order valence-corrected chi connectivity index (χ4v) is 4.49. The minimum Gasteiger partial charge on any atom is -0.353 e. The predicted octanol–water partition coefficient (Wildman–Crippen LogP) is 5.65. The number of hydrogen-bond donors (Lipinski definition) is 2. The molecule has 1 atom stereocenters. The Morgan fingerprint density at radius 1 is 1.10 bits per heavy atom. The van der Waals surface area contributed by atoms with Crippen LogP contribution in [0.5, 0.6) is 0 Å². The molecule has 0 spiro atoms. The third-order valence-electron chi connectivity index (χ3n) is 4.71. The number of carbonyl (C=O) groups excluding carboxylic acids is 2. The monoisotopic (exact) mass is 471 g/mol. The second-order valence-electron chi connectivity index (χ2n) is 6.90. The number of nitrogens with zero attached hydrogens (tertiary/aromatic N) is 1. The number of thioether (sulfide) groups is 1. The van der Waals surface area contributed by atoms with Gasteiger partial charge in [-0.05, 0) is 55.8 Å². The van der Waals surface area contributed by atoms with Gasteiger partial charge in [-0.25, -0.2) is 0 Å². The molecule has 0 fully saturated rings. The van der Waals surface area contributed by atoms with Gasteiger partial charge in [-0.1, -0.05) is 47.1 Å². The Bertz CT molecular complexity index is 1120. The van der Waals surface area contributed by atoms with Gasteiger partial charge in [0.15, 0.2) is 5.78 Å². The number of hydrogen-bond acceptors (Lipinski definition) is 5. The van der Waals surface area contributed by atoms with Crippen LogP contribution in [0.1, 0.15) is 25.3 Å². The van der Waals surface area contributed by atoms with E-state index in [0.29, 0.717) is 37.6 Å². The molecule has 0 aromatic heterocycles. The number of dihydropyridines is 1. The number of allylic oxidation sites excluding steroid dienone is 3. The predicted molar refractivity (Wildman–Crippen MR) is 126 cm³/mol. The van der Waals surface area contributed by atoms with E-state index in [0.717, 1.165) is 5.56 Å². The topological polar surface area (TPSA) is 82.0 Å². The molecule has 8 heteroatoms. The highest BCUT2D eigenvalue weighted by atomic mass is 35.5. The van der Waals surface area contributed by atoms with Gasteiger partial charge in [-0.3, -0.25) is 9.59 Å². The molecule has 2 N–H and O–H groups in total. The van der Waals surface area contributed by atoms with Crippen molar-refractivity contribution in [2.24, 2.45) is 0 Å². The van der Waals surface area contributed by atoms with E-state index in [-0.39, 0.29) is 17.4 Å². The van der Waals surface area contributed by atoms with Crippen molar-refractivity contribution in [2.75, 3.05) is 11.1 Å². The van der Waals surface area contributed by atoms with E-state index in [2.05, 4.69) is 16.7 Å². The number of nitrogens with one attached hydrogen (secondary N) is 2. The molecule has 158 valence electrons. The maximum absolute atomic E-state index is 12.4. The van der Waals surface area contributed by atoms with E-state index in [1.165, 1.54) is 18.7 Å². The Labute approximate surface area is 195 Å². The van der Waals surface area contributed by atoms with Crippen LogP contribution in [-0.2, 0) is 9.59 Å². The van der Waals surface area contributed by atoms with Crippen LogP contribution in [0, 0.1) is 11.3 Å². The highest BCUT2D eigenvalue weighted by molar-refractivity contribution is 8.03. The van der Waals surface area contributed by atoms with Crippen molar-refractivity contribution in [3.05, 3.63) is 86.0 Å². The molecule has 1 unspecified atom stereocenters. The number of Topliss-reactive ketones (excluding diaryl/α,β-unsaturated/α-hetero) is 1. The molecule has 1 amide bonds. The number of halogens is 2. The van der Waals surface area contributed by atoms with Gasteiger partial charge in [0, 0.05) is 27.0 Å². The van der Waals surface area contributed by atoms with Crippen molar-refractivity contribution in [3.63, 3.8) is 0 Å². The number of nitriles is 1. The zero-order valence-electron chi connectivity index (χ0n) is 16.8. The molecule has 0 saturated carbocycles. The number of amides is 1. The Balaban J connectivity index is 1.86. The molecule has 3 rings (SSSR count). The number of benzene rings is 2. The molecule has 1 heterocycles. The van der Waals surface area contributed by atoms with Gasteiger partial charge in [0.05, 0.1) is 28.3 Å². The van der Waals surface area contributed by atoms with Gasteiger partial charge in [0.1, 0.15) is 0 Å². The van der Waals surface area contributed by atoms with Gasteiger partial charge in [-0.2, -0.15) is 5.26 Å². The van der Waals surface area contributed by atoms with Gasteiger partial charge < -0.3 is 10.6 Å². The summed E-state index contributed by atoms with van der Waals surface area (Å²) in [4.78, 5) is 24.8. The summed E-state index contributed by atoms with van der Waals surface area (Å²) in [6, 6.07) is 16.1. The molecule has 2 aromatic rings. The van der Waals surface area contributed by atoms with Crippen molar-refractivity contribution < 1.29 is 9.59 Å². The first-order valence-electron chi connectivity index (χ1n) is 9.36. The van der Waals surface area contributed by atoms with Crippen molar-refractivity contribution in [3.8, 4) is 6.07 Å². The molecule has 1 aliphatic heterocycles. The third-order valence-corrected chi connectivity index (χ3v) is 6.23. The molecule has 2 aromatic carbocycles. The number of ketones is 1. The average molecular weight is 472 g/mol. The molecule has 1 aliphatic rings. The van der Waals surface area contributed by atoms with Crippen molar-refractivity contribution in [1.29, 1.82) is 5.26 Å². The number of carbonyl (C=O) groups is 2. The molecular formula is C23H19Cl2N3O2S. The minimum atomic E-state index is -0.525. The number of anilines is 1. The lowest BCUT2D eigenvalue weighted by molar-refractivity contribution is -0.114. The third kappa shape index (κ3) is 5.50. The van der Waals surface area contributed by atoms with Gasteiger partial charge in [0.25, 0.3) is 0 Å². The highest BCUT2D eigenvalue weighted by Gasteiger charge is 2.33.